The summed E-state index contributed by atoms with van der Waals surface area (Å²) >= 11 is 0. The Balaban J connectivity index is 0.000000196. The minimum absolute atomic E-state index is 0. The van der Waals surface area contributed by atoms with Crippen LogP contribution >= 0.6 is 0 Å². The first-order chi connectivity index (χ1) is 27.1. The fraction of sp³-hybridized carbons (Fsp3) is 0.184. The second kappa shape index (κ2) is 16.6. The van der Waals surface area contributed by atoms with Gasteiger partial charge < -0.3 is 14.4 Å². The summed E-state index contributed by atoms with van der Waals surface area (Å²) in [6.45, 7) is 10.8. The van der Waals surface area contributed by atoms with Crippen LogP contribution in [0, 0.1) is 24.9 Å². The van der Waals surface area contributed by atoms with Crippen LogP contribution in [0.25, 0.3) is 66.7 Å². The molecule has 0 N–H and O–H groups in total. The topological polar surface area (TPSA) is 38.9 Å². The Bertz CT molecular complexity index is 2650. The van der Waals surface area contributed by atoms with Crippen molar-refractivity contribution in [2.45, 2.75) is 53.2 Å². The van der Waals surface area contributed by atoms with E-state index in [0.717, 1.165) is 72.3 Å². The van der Waals surface area contributed by atoms with E-state index in [1.807, 2.05) is 61.8 Å². The molecule has 8 aromatic rings. The van der Waals surface area contributed by atoms with Crippen molar-refractivity contribution in [2.75, 3.05) is 0 Å². The van der Waals surface area contributed by atoms with Gasteiger partial charge in [0.1, 0.15) is 5.58 Å². The minimum Gasteiger partial charge on any atom is -0.500 e. The molecule has 5 aromatic carbocycles. The third-order valence-corrected chi connectivity index (χ3v) is 11.8. The number of rotatable bonds is 7. The maximum absolute atomic E-state index is 8.93. The minimum atomic E-state index is -2.13. The molecule has 1 radical (unpaired) electrons. The van der Waals surface area contributed by atoms with Gasteiger partial charge in [0.15, 0.2) is 0 Å². The molecular weight excluding hydrogens is 853 g/mol. The Morgan fingerprint density at radius 1 is 0.704 bits per heavy atom. The molecule has 3 heterocycles. The van der Waals surface area contributed by atoms with Gasteiger partial charge in [-0.3, -0.25) is 0 Å². The predicted molar refractivity (Wildman–Crippen MR) is 226 cm³/mol. The van der Waals surface area contributed by atoms with Crippen LogP contribution in [0.4, 0.5) is 0 Å². The fourth-order valence-electron chi connectivity index (χ4n) is 6.60. The van der Waals surface area contributed by atoms with E-state index < -0.39 is 20.8 Å². The van der Waals surface area contributed by atoms with Crippen molar-refractivity contribution >= 4 is 35.2 Å². The van der Waals surface area contributed by atoms with Gasteiger partial charge in [-0.2, -0.15) is 0 Å². The zero-order chi connectivity index (χ0) is 40.5. The molecular formula is C49H46IrN2OSi-2. The number of fused-ring (bicyclic) bond motifs is 3. The van der Waals surface area contributed by atoms with Crippen LogP contribution in [-0.4, -0.2) is 18.0 Å². The van der Waals surface area contributed by atoms with Crippen LogP contribution in [-0.2, 0) is 20.1 Å². The first-order valence-corrected chi connectivity index (χ1v) is 21.6. The normalized spacial score (nSPS) is 13.8. The summed E-state index contributed by atoms with van der Waals surface area (Å²) in [4.78, 5) is 9.27. The quantitative estimate of drug-likeness (QED) is 0.118. The van der Waals surface area contributed by atoms with E-state index in [0.29, 0.717) is 0 Å². The van der Waals surface area contributed by atoms with E-state index in [9.17, 15) is 0 Å². The molecule has 0 aliphatic carbocycles. The van der Waals surface area contributed by atoms with Crippen molar-refractivity contribution in [1.29, 1.82) is 0 Å². The maximum atomic E-state index is 8.93. The molecule has 3 aromatic heterocycles. The van der Waals surface area contributed by atoms with Gasteiger partial charge in [-0.1, -0.05) is 155 Å². The van der Waals surface area contributed by atoms with Gasteiger partial charge in [-0.25, -0.2) is 0 Å². The van der Waals surface area contributed by atoms with E-state index in [4.69, 9.17) is 9.90 Å². The maximum Gasteiger partial charge on any atom is 0.128 e. The van der Waals surface area contributed by atoms with Gasteiger partial charge >= 0.3 is 0 Å². The van der Waals surface area contributed by atoms with Gasteiger partial charge in [-0.05, 0) is 51.1 Å². The largest absolute Gasteiger partial charge is 0.500 e. The zero-order valence-electron chi connectivity index (χ0n) is 35.5. The SMILES string of the molecule is [2H]C([2H])([2H])c1c[c-]c(-c2cc(C([2H])(C)C(C)C)c([Si](C)(C)C)cn2)cc1.[Ir].[c-]1ccc2c(oc3c(-c4ccccc4)cccc32)c1-c1cc(-c2ccccc2)ccn1. The van der Waals surface area contributed by atoms with Crippen molar-refractivity contribution in [2.24, 2.45) is 5.92 Å². The monoisotopic (exact) mass is 903 g/mol. The predicted octanol–water partition coefficient (Wildman–Crippen LogP) is 12.9. The molecule has 8 rings (SSSR count). The number of para-hydroxylation sites is 1. The summed E-state index contributed by atoms with van der Waals surface area (Å²) in [5, 5.41) is 3.38. The molecule has 0 saturated heterocycles. The second-order valence-corrected chi connectivity index (χ2v) is 19.8. The van der Waals surface area contributed by atoms with Gasteiger partial charge in [0.2, 0.25) is 0 Å². The molecule has 54 heavy (non-hydrogen) atoms. The standard InChI is InChI=1S/C29H18NO.C20H28NSi.Ir/c1-3-9-20(10-4-1)22-17-18-30-27(19-22)26-16-8-15-25-24-14-7-13-23(28(24)31-29(25)26)21-11-5-2-6-12-21;1-14(2)16(4)18-12-19(17-10-8-15(3)9-11-17)21-13-20(18)22(5,6)7;/h1-15,17-19H;8-10,12-14,16H,1-7H3;/q2*-1;/i;3D3,16D;. The molecule has 0 fully saturated rings. The molecule has 3 nitrogen and oxygen atoms in total. The molecule has 273 valence electrons. The summed E-state index contributed by atoms with van der Waals surface area (Å²) in [5.41, 5.74) is 10.7. The third-order valence-electron chi connectivity index (χ3n) is 9.76. The molecule has 0 aliphatic rings. The number of benzene rings is 5. The average molecular weight is 903 g/mol. The molecule has 5 heteroatoms. The van der Waals surface area contributed by atoms with E-state index in [1.165, 1.54) is 11.3 Å². The Morgan fingerprint density at radius 2 is 1.43 bits per heavy atom. The van der Waals surface area contributed by atoms with Gasteiger partial charge in [0, 0.05) is 48.9 Å². The number of furan rings is 1. The fourth-order valence-corrected chi connectivity index (χ4v) is 8.13. The van der Waals surface area contributed by atoms with E-state index in [-0.39, 0.29) is 31.6 Å². The first-order valence-electron chi connectivity index (χ1n) is 20.1. The molecule has 0 aliphatic heterocycles. The van der Waals surface area contributed by atoms with E-state index in [2.05, 4.69) is 122 Å². The number of aryl methyl sites for hydroxylation is 1. The summed E-state index contributed by atoms with van der Waals surface area (Å²) in [6, 6.07) is 48.5. The zero-order valence-corrected chi connectivity index (χ0v) is 34.9. The number of aromatic nitrogens is 2. The smallest absolute Gasteiger partial charge is 0.128 e. The van der Waals surface area contributed by atoms with Crippen LogP contribution < -0.4 is 5.19 Å². The molecule has 1 atom stereocenters. The molecule has 0 spiro atoms. The van der Waals surface area contributed by atoms with E-state index >= 15 is 0 Å². The third kappa shape index (κ3) is 8.24. The summed E-state index contributed by atoms with van der Waals surface area (Å²) in [5.74, 6) is -0.555. The van der Waals surface area contributed by atoms with Crippen molar-refractivity contribution in [3.8, 4) is 44.8 Å². The molecule has 0 saturated carbocycles. The van der Waals surface area contributed by atoms with Crippen molar-refractivity contribution in [1.82, 2.24) is 9.97 Å². The Kier molecular flexibility index (Phi) is 10.3. The summed E-state index contributed by atoms with van der Waals surface area (Å²) in [7, 11) is -1.66. The Hall–Kier alpha value is -4.93. The summed E-state index contributed by atoms with van der Waals surface area (Å²) in [6.07, 6.45) is 3.76. The van der Waals surface area contributed by atoms with Crippen LogP contribution in [0.5, 0.6) is 0 Å². The number of nitrogens with zero attached hydrogens (tertiary/aromatic N) is 2. The first kappa shape index (κ1) is 33.6. The van der Waals surface area contributed by atoms with Gasteiger partial charge in [0.25, 0.3) is 0 Å². The number of hydrogen-bond donors (Lipinski definition) is 0. The van der Waals surface area contributed by atoms with Crippen LogP contribution in [0.15, 0.2) is 144 Å². The molecule has 1 unspecified atom stereocenters. The second-order valence-electron chi connectivity index (χ2n) is 14.7. The number of hydrogen-bond acceptors (Lipinski definition) is 3. The van der Waals surface area contributed by atoms with Crippen LogP contribution in [0.2, 0.25) is 19.6 Å². The Labute approximate surface area is 340 Å². The molecule has 0 amide bonds. The van der Waals surface area contributed by atoms with Crippen LogP contribution in [0.3, 0.4) is 0 Å². The van der Waals surface area contributed by atoms with Crippen LogP contribution in [0.1, 0.15) is 43.3 Å². The van der Waals surface area contributed by atoms with Crippen molar-refractivity contribution in [3.05, 3.63) is 163 Å². The molecule has 0 bridgehead atoms. The van der Waals surface area contributed by atoms with Gasteiger partial charge in [0.05, 0.1) is 13.7 Å². The Morgan fingerprint density at radius 3 is 2.09 bits per heavy atom. The van der Waals surface area contributed by atoms with Gasteiger partial charge in [-0.15, -0.1) is 53.6 Å². The average Bonchev–Trinajstić information content (AvgIpc) is 3.60. The van der Waals surface area contributed by atoms with E-state index in [1.54, 1.807) is 12.1 Å². The summed E-state index contributed by atoms with van der Waals surface area (Å²) < 4.78 is 37.9. The number of pyridine rings is 2. The van der Waals surface area contributed by atoms with Crippen molar-refractivity contribution in [3.63, 3.8) is 0 Å². The van der Waals surface area contributed by atoms with Crippen molar-refractivity contribution < 1.29 is 30.0 Å².